The Morgan fingerprint density at radius 3 is 2.53 bits per heavy atom. The Morgan fingerprint density at radius 1 is 1.21 bits per heavy atom. The van der Waals surface area contributed by atoms with Crippen molar-refractivity contribution in [2.45, 2.75) is 19.3 Å². The van der Waals surface area contributed by atoms with Crippen LogP contribution in [0.5, 0.6) is 0 Å². The predicted octanol–water partition coefficient (Wildman–Crippen LogP) is 1.95. The summed E-state index contributed by atoms with van der Waals surface area (Å²) in [4.78, 5) is 2.34. The Labute approximate surface area is 116 Å². The molecule has 0 atom stereocenters. The first kappa shape index (κ1) is 14.5. The number of hydrogen-bond acceptors (Lipinski definition) is 3. The lowest BCUT2D eigenvalue weighted by Gasteiger charge is -2.38. The summed E-state index contributed by atoms with van der Waals surface area (Å²) in [6, 6.07) is 10.6. The third-order valence-electron chi connectivity index (χ3n) is 4.12. The maximum atomic E-state index is 9.69. The summed E-state index contributed by atoms with van der Waals surface area (Å²) >= 11 is 0. The topological polar surface area (TPSA) is 32.7 Å². The molecule has 106 valence electrons. The Kier molecular flexibility index (Phi) is 5.37. The summed E-state index contributed by atoms with van der Waals surface area (Å²) in [6.07, 6.45) is 3.01. The molecule has 0 aromatic heterocycles. The van der Waals surface area contributed by atoms with Crippen molar-refractivity contribution in [3.63, 3.8) is 0 Å². The lowest BCUT2D eigenvalue weighted by Crippen LogP contribution is -2.43. The molecule has 0 amide bonds. The van der Waals surface area contributed by atoms with Crippen molar-refractivity contribution in [2.24, 2.45) is 5.41 Å². The first-order valence-corrected chi connectivity index (χ1v) is 7.15. The molecule has 3 nitrogen and oxygen atoms in total. The average Bonchev–Trinajstić information content (AvgIpc) is 2.47. The van der Waals surface area contributed by atoms with Crippen molar-refractivity contribution in [3.8, 4) is 0 Å². The molecule has 0 bridgehead atoms. The van der Waals surface area contributed by atoms with Gasteiger partial charge in [0.1, 0.15) is 0 Å². The average molecular weight is 263 g/mol. The molecular formula is C16H25NO2. The van der Waals surface area contributed by atoms with Crippen LogP contribution < -0.4 is 0 Å². The van der Waals surface area contributed by atoms with E-state index in [0.717, 1.165) is 45.6 Å². The number of nitrogens with zero attached hydrogens (tertiary/aromatic N) is 1. The highest BCUT2D eigenvalue weighted by molar-refractivity contribution is 5.14. The molecule has 2 rings (SSSR count). The molecule has 0 aliphatic carbocycles. The molecular weight excluding hydrogens is 238 g/mol. The Balaban J connectivity index is 1.81. The molecule has 19 heavy (non-hydrogen) atoms. The van der Waals surface area contributed by atoms with E-state index in [1.54, 1.807) is 0 Å². The molecule has 1 fully saturated rings. The quantitative estimate of drug-likeness (QED) is 0.851. The minimum Gasteiger partial charge on any atom is -0.396 e. The third-order valence-corrected chi connectivity index (χ3v) is 4.12. The number of hydrogen-bond donors (Lipinski definition) is 1. The number of ether oxygens (including phenoxy) is 1. The lowest BCUT2D eigenvalue weighted by molar-refractivity contribution is -0.0306. The fourth-order valence-corrected chi connectivity index (χ4v) is 2.79. The van der Waals surface area contributed by atoms with Crippen LogP contribution in [0.15, 0.2) is 30.3 Å². The summed E-state index contributed by atoms with van der Waals surface area (Å²) in [5.41, 5.74) is 1.42. The molecule has 0 unspecified atom stereocenters. The van der Waals surface area contributed by atoms with E-state index in [2.05, 4.69) is 42.3 Å². The van der Waals surface area contributed by atoms with Crippen molar-refractivity contribution >= 4 is 0 Å². The van der Waals surface area contributed by atoms with E-state index in [9.17, 15) is 5.11 Å². The van der Waals surface area contributed by atoms with E-state index in [1.165, 1.54) is 5.56 Å². The Hall–Kier alpha value is -0.900. The molecule has 1 heterocycles. The van der Waals surface area contributed by atoms with Gasteiger partial charge in [-0.2, -0.15) is 0 Å². The van der Waals surface area contributed by atoms with Gasteiger partial charge in [-0.25, -0.2) is 0 Å². The minimum atomic E-state index is 0.0453. The molecule has 1 aromatic rings. The fourth-order valence-electron chi connectivity index (χ4n) is 2.79. The summed E-state index contributed by atoms with van der Waals surface area (Å²) < 4.78 is 5.41. The molecule has 0 radical (unpaired) electrons. The van der Waals surface area contributed by atoms with Crippen molar-refractivity contribution in [3.05, 3.63) is 35.9 Å². The normalized spacial score (nSPS) is 18.7. The maximum Gasteiger partial charge on any atom is 0.0501 e. The molecule has 1 aromatic carbocycles. The number of benzene rings is 1. The van der Waals surface area contributed by atoms with Gasteiger partial charge in [-0.1, -0.05) is 30.3 Å². The molecule has 0 spiro atoms. The Morgan fingerprint density at radius 2 is 1.89 bits per heavy atom. The summed E-state index contributed by atoms with van der Waals surface area (Å²) in [6.45, 7) is 3.83. The fraction of sp³-hybridized carbons (Fsp3) is 0.625. The zero-order valence-electron chi connectivity index (χ0n) is 11.8. The van der Waals surface area contributed by atoms with Crippen LogP contribution in [0, 0.1) is 5.41 Å². The van der Waals surface area contributed by atoms with Gasteiger partial charge in [-0.05, 0) is 31.9 Å². The molecule has 0 saturated carbocycles. The van der Waals surface area contributed by atoms with Gasteiger partial charge in [0.15, 0.2) is 0 Å². The first-order valence-electron chi connectivity index (χ1n) is 7.15. The molecule has 1 aliphatic heterocycles. The zero-order valence-corrected chi connectivity index (χ0v) is 11.8. The Bertz CT molecular complexity index is 360. The van der Waals surface area contributed by atoms with E-state index in [-0.39, 0.29) is 12.0 Å². The van der Waals surface area contributed by atoms with Crippen LogP contribution in [0.3, 0.4) is 0 Å². The van der Waals surface area contributed by atoms with Crippen LogP contribution in [-0.4, -0.2) is 50.0 Å². The van der Waals surface area contributed by atoms with Gasteiger partial charge in [-0.3, -0.25) is 0 Å². The van der Waals surface area contributed by atoms with Crippen LogP contribution in [0.1, 0.15) is 18.4 Å². The van der Waals surface area contributed by atoms with E-state index < -0.39 is 0 Å². The summed E-state index contributed by atoms with van der Waals surface area (Å²) in [7, 11) is 2.15. The van der Waals surface area contributed by atoms with Crippen LogP contribution >= 0.6 is 0 Å². The minimum absolute atomic E-state index is 0.0453. The number of likely N-dealkylation sites (N-methyl/N-ethyl adjacent to an activating group) is 1. The van der Waals surface area contributed by atoms with Gasteiger partial charge in [0.05, 0.1) is 6.61 Å². The van der Waals surface area contributed by atoms with Crippen LogP contribution in [-0.2, 0) is 11.2 Å². The maximum absolute atomic E-state index is 9.69. The third kappa shape index (κ3) is 4.30. The van der Waals surface area contributed by atoms with Crippen molar-refractivity contribution in [1.29, 1.82) is 0 Å². The van der Waals surface area contributed by atoms with Crippen molar-refractivity contribution < 1.29 is 9.84 Å². The molecule has 3 heteroatoms. The second-order valence-electron chi connectivity index (χ2n) is 5.74. The molecule has 1 saturated heterocycles. The largest absolute Gasteiger partial charge is 0.396 e. The second kappa shape index (κ2) is 7.04. The summed E-state index contributed by atoms with van der Waals surface area (Å²) in [5, 5.41) is 9.69. The van der Waals surface area contributed by atoms with Gasteiger partial charge < -0.3 is 14.7 Å². The second-order valence-corrected chi connectivity index (χ2v) is 5.74. The predicted molar refractivity (Wildman–Crippen MR) is 77.2 cm³/mol. The van der Waals surface area contributed by atoms with Crippen LogP contribution in [0.25, 0.3) is 0 Å². The first-order chi connectivity index (χ1) is 9.24. The SMILES string of the molecule is CN(CCc1ccccc1)CC1(CO)CCOCC1. The molecule has 1 aliphatic rings. The highest BCUT2D eigenvalue weighted by Crippen LogP contribution is 2.30. The highest BCUT2D eigenvalue weighted by Gasteiger charge is 2.32. The molecule has 1 N–H and O–H groups in total. The van der Waals surface area contributed by atoms with Crippen molar-refractivity contribution in [1.82, 2.24) is 4.90 Å². The van der Waals surface area contributed by atoms with Crippen molar-refractivity contribution in [2.75, 3.05) is 40.0 Å². The monoisotopic (exact) mass is 263 g/mol. The van der Waals surface area contributed by atoms with Gasteiger partial charge in [0.25, 0.3) is 0 Å². The van der Waals surface area contributed by atoms with Gasteiger partial charge >= 0.3 is 0 Å². The van der Waals surface area contributed by atoms with Gasteiger partial charge in [-0.15, -0.1) is 0 Å². The standard InChI is InChI=1S/C16H25NO2/c1-17(10-7-15-5-3-2-4-6-15)13-16(14-18)8-11-19-12-9-16/h2-6,18H,7-14H2,1H3. The zero-order chi connectivity index (χ0) is 13.6. The number of aliphatic hydroxyl groups is 1. The van der Waals surface area contributed by atoms with Gasteiger partial charge in [0, 0.05) is 31.7 Å². The van der Waals surface area contributed by atoms with E-state index >= 15 is 0 Å². The number of aliphatic hydroxyl groups excluding tert-OH is 1. The number of rotatable bonds is 6. The van der Waals surface area contributed by atoms with Crippen LogP contribution in [0.4, 0.5) is 0 Å². The van der Waals surface area contributed by atoms with E-state index in [4.69, 9.17) is 4.74 Å². The van der Waals surface area contributed by atoms with E-state index in [1.807, 2.05) is 0 Å². The lowest BCUT2D eigenvalue weighted by atomic mass is 9.80. The van der Waals surface area contributed by atoms with E-state index in [0.29, 0.717) is 0 Å². The van der Waals surface area contributed by atoms with Crippen LogP contribution in [0.2, 0.25) is 0 Å². The smallest absolute Gasteiger partial charge is 0.0501 e. The summed E-state index contributed by atoms with van der Waals surface area (Å²) in [5.74, 6) is 0. The highest BCUT2D eigenvalue weighted by atomic mass is 16.5. The van der Waals surface area contributed by atoms with Gasteiger partial charge in [0.2, 0.25) is 0 Å².